The van der Waals surface area contributed by atoms with E-state index in [1.54, 1.807) is 17.0 Å². The maximum absolute atomic E-state index is 14.0. The zero-order valence-corrected chi connectivity index (χ0v) is 13.6. The van der Waals surface area contributed by atoms with E-state index in [9.17, 15) is 9.18 Å². The Balaban J connectivity index is 1.98. The van der Waals surface area contributed by atoms with E-state index in [1.165, 1.54) is 6.07 Å². The van der Waals surface area contributed by atoms with Crippen LogP contribution in [0.15, 0.2) is 22.7 Å². The summed E-state index contributed by atoms with van der Waals surface area (Å²) in [4.78, 5) is 13.5. The molecule has 1 aliphatic rings. The number of unbranched alkanes of at least 4 members (excludes halogenated alkanes) is 1. The minimum atomic E-state index is -0.453. The molecule has 1 atom stereocenters. The van der Waals surface area contributed by atoms with Crippen molar-refractivity contribution in [2.24, 2.45) is 0 Å². The van der Waals surface area contributed by atoms with Crippen LogP contribution in [0.2, 0.25) is 0 Å². The molecule has 1 amide bonds. The molecule has 1 saturated heterocycles. The van der Waals surface area contributed by atoms with Gasteiger partial charge in [-0.3, -0.25) is 0 Å². The molecular weight excluding hydrogens is 341 g/mol. The first-order valence-electron chi connectivity index (χ1n) is 7.10. The van der Waals surface area contributed by atoms with E-state index >= 15 is 0 Å². The molecule has 116 valence electrons. The normalized spacial score (nSPS) is 18.6. The minimum absolute atomic E-state index is 0.309. The van der Waals surface area contributed by atoms with E-state index in [-0.39, 0.29) is 11.9 Å². The Morgan fingerprint density at radius 1 is 1.57 bits per heavy atom. The van der Waals surface area contributed by atoms with Crippen LogP contribution >= 0.6 is 15.9 Å². The molecule has 1 aliphatic heterocycles. The first-order valence-corrected chi connectivity index (χ1v) is 7.89. The fourth-order valence-corrected chi connectivity index (χ4v) is 2.49. The monoisotopic (exact) mass is 359 g/mol. The van der Waals surface area contributed by atoms with Gasteiger partial charge in [0.1, 0.15) is 11.9 Å². The number of carbonyl (C=O) groups excluding carboxylic acids is 1. The second-order valence-corrected chi connectivity index (χ2v) is 5.85. The predicted octanol–water partition coefficient (Wildman–Crippen LogP) is 3.90. The summed E-state index contributed by atoms with van der Waals surface area (Å²) in [7, 11) is 0. The van der Waals surface area contributed by atoms with Gasteiger partial charge < -0.3 is 14.4 Å². The van der Waals surface area contributed by atoms with E-state index in [2.05, 4.69) is 15.9 Å². The largest absolute Gasteiger partial charge is 0.449 e. The van der Waals surface area contributed by atoms with Crippen molar-refractivity contribution >= 4 is 22.0 Å². The fourth-order valence-electron chi connectivity index (χ4n) is 2.16. The van der Waals surface area contributed by atoms with Crippen molar-refractivity contribution in [1.29, 1.82) is 0 Å². The van der Waals surface area contributed by atoms with Gasteiger partial charge in [-0.15, -0.1) is 0 Å². The van der Waals surface area contributed by atoms with Crippen molar-refractivity contribution in [1.82, 2.24) is 4.90 Å². The number of rotatable bonds is 4. The molecule has 1 aromatic rings. The van der Waals surface area contributed by atoms with Crippen molar-refractivity contribution in [3.05, 3.63) is 34.1 Å². The summed E-state index contributed by atoms with van der Waals surface area (Å²) in [6.07, 6.45) is 1.02. The second-order valence-electron chi connectivity index (χ2n) is 4.94. The van der Waals surface area contributed by atoms with Gasteiger partial charge in [0.05, 0.1) is 19.8 Å². The Hall–Kier alpha value is -1.14. The van der Waals surface area contributed by atoms with Crippen LogP contribution in [0.4, 0.5) is 9.18 Å². The van der Waals surface area contributed by atoms with Gasteiger partial charge in [0.2, 0.25) is 0 Å². The number of hydrogen-bond donors (Lipinski definition) is 0. The highest BCUT2D eigenvalue weighted by molar-refractivity contribution is 9.10. The van der Waals surface area contributed by atoms with Crippen molar-refractivity contribution in [3.63, 3.8) is 0 Å². The van der Waals surface area contributed by atoms with Gasteiger partial charge in [-0.05, 0) is 18.6 Å². The Kier molecular flexibility index (Phi) is 5.99. The smallest absolute Gasteiger partial charge is 0.409 e. The lowest BCUT2D eigenvalue weighted by atomic mass is 10.1. The highest BCUT2D eigenvalue weighted by Gasteiger charge is 2.28. The molecule has 0 N–H and O–H groups in total. The molecule has 0 radical (unpaired) electrons. The highest BCUT2D eigenvalue weighted by Crippen LogP contribution is 2.27. The van der Waals surface area contributed by atoms with Crippen LogP contribution in [-0.2, 0) is 9.47 Å². The van der Waals surface area contributed by atoms with E-state index in [4.69, 9.17) is 9.47 Å². The van der Waals surface area contributed by atoms with E-state index in [0.717, 1.165) is 12.8 Å². The number of hydrogen-bond acceptors (Lipinski definition) is 3. The molecule has 1 heterocycles. The lowest BCUT2D eigenvalue weighted by molar-refractivity contribution is -0.0301. The van der Waals surface area contributed by atoms with Crippen molar-refractivity contribution < 1.29 is 18.7 Å². The van der Waals surface area contributed by atoms with Gasteiger partial charge in [0.25, 0.3) is 0 Å². The quantitative estimate of drug-likeness (QED) is 0.765. The van der Waals surface area contributed by atoms with E-state index in [1.807, 2.05) is 6.92 Å². The average Bonchev–Trinajstić information content (AvgIpc) is 2.47. The first-order chi connectivity index (χ1) is 10.1. The summed E-state index contributed by atoms with van der Waals surface area (Å²) in [5.41, 5.74) is 0.462. The van der Waals surface area contributed by atoms with E-state index in [0.29, 0.717) is 36.3 Å². The molecule has 1 aromatic carbocycles. The summed E-state index contributed by atoms with van der Waals surface area (Å²) in [6, 6.07) is 4.84. The zero-order valence-electron chi connectivity index (χ0n) is 12.0. The summed E-state index contributed by atoms with van der Waals surface area (Å²) in [6.45, 7) is 3.62. The molecule has 0 bridgehead atoms. The standard InChI is InChI=1S/C15H19BrFNO3/c1-2-3-7-21-15(19)18-6-8-20-14(10-18)12-5-4-11(16)9-13(12)17/h4-5,9,14H,2-3,6-8,10H2,1H3. The van der Waals surface area contributed by atoms with Gasteiger partial charge in [-0.2, -0.15) is 0 Å². The first kappa shape index (κ1) is 16.2. The third-order valence-corrected chi connectivity index (χ3v) is 3.85. The molecule has 4 nitrogen and oxygen atoms in total. The maximum atomic E-state index is 14.0. The van der Waals surface area contributed by atoms with Crippen LogP contribution in [0.1, 0.15) is 31.4 Å². The number of carbonyl (C=O) groups is 1. The lowest BCUT2D eigenvalue weighted by Crippen LogP contribution is -2.42. The van der Waals surface area contributed by atoms with Crippen molar-refractivity contribution in [2.45, 2.75) is 25.9 Å². The summed E-state index contributed by atoms with van der Waals surface area (Å²) in [5, 5.41) is 0. The number of benzene rings is 1. The second kappa shape index (κ2) is 7.75. The Morgan fingerprint density at radius 2 is 2.38 bits per heavy atom. The highest BCUT2D eigenvalue weighted by atomic mass is 79.9. The topological polar surface area (TPSA) is 38.8 Å². The van der Waals surface area contributed by atoms with Crippen LogP contribution in [0.5, 0.6) is 0 Å². The maximum Gasteiger partial charge on any atom is 0.409 e. The summed E-state index contributed by atoms with van der Waals surface area (Å²) in [5.74, 6) is -0.337. The predicted molar refractivity (Wildman–Crippen MR) is 80.6 cm³/mol. The number of amides is 1. The Bertz CT molecular complexity index is 498. The van der Waals surface area contributed by atoms with Crippen molar-refractivity contribution in [3.8, 4) is 0 Å². The van der Waals surface area contributed by atoms with Crippen LogP contribution in [0, 0.1) is 5.82 Å². The Morgan fingerprint density at radius 3 is 3.10 bits per heavy atom. The average molecular weight is 360 g/mol. The minimum Gasteiger partial charge on any atom is -0.449 e. The summed E-state index contributed by atoms with van der Waals surface area (Å²) < 4.78 is 25.4. The molecule has 21 heavy (non-hydrogen) atoms. The molecular formula is C15H19BrFNO3. The lowest BCUT2D eigenvalue weighted by Gasteiger charge is -2.32. The number of halogens is 2. The molecule has 1 fully saturated rings. The van der Waals surface area contributed by atoms with Gasteiger partial charge >= 0.3 is 6.09 Å². The summed E-state index contributed by atoms with van der Waals surface area (Å²) >= 11 is 3.23. The fraction of sp³-hybridized carbons (Fsp3) is 0.533. The third kappa shape index (κ3) is 4.41. The van der Waals surface area contributed by atoms with Crippen LogP contribution < -0.4 is 0 Å². The molecule has 1 unspecified atom stereocenters. The number of morpholine rings is 1. The molecule has 0 spiro atoms. The zero-order chi connectivity index (χ0) is 15.2. The third-order valence-electron chi connectivity index (χ3n) is 3.36. The van der Waals surface area contributed by atoms with Gasteiger partial charge in [0.15, 0.2) is 0 Å². The SMILES string of the molecule is CCCCOC(=O)N1CCOC(c2ccc(Br)cc2F)C1. The molecule has 6 heteroatoms. The van der Waals surface area contributed by atoms with Crippen LogP contribution in [0.25, 0.3) is 0 Å². The van der Waals surface area contributed by atoms with Crippen LogP contribution in [0.3, 0.4) is 0 Å². The van der Waals surface area contributed by atoms with Gasteiger partial charge in [0, 0.05) is 16.6 Å². The molecule has 2 rings (SSSR count). The molecule has 0 aliphatic carbocycles. The molecule has 0 saturated carbocycles. The van der Waals surface area contributed by atoms with Gasteiger partial charge in [-0.1, -0.05) is 35.3 Å². The van der Waals surface area contributed by atoms with E-state index < -0.39 is 6.10 Å². The van der Waals surface area contributed by atoms with Crippen LogP contribution in [-0.4, -0.2) is 37.3 Å². The van der Waals surface area contributed by atoms with Crippen molar-refractivity contribution in [2.75, 3.05) is 26.3 Å². The van der Waals surface area contributed by atoms with Gasteiger partial charge in [-0.25, -0.2) is 9.18 Å². The molecule has 0 aromatic heterocycles. The number of ether oxygens (including phenoxy) is 2. The Labute approximate surface area is 132 Å². The number of nitrogens with zero attached hydrogens (tertiary/aromatic N) is 1.